The van der Waals surface area contributed by atoms with Crippen LogP contribution in [-0.2, 0) is 11.2 Å². The zero-order valence-electron chi connectivity index (χ0n) is 9.78. The van der Waals surface area contributed by atoms with E-state index >= 15 is 0 Å². The van der Waals surface area contributed by atoms with E-state index in [0.29, 0.717) is 12.8 Å². The van der Waals surface area contributed by atoms with Gasteiger partial charge in [-0.2, -0.15) is 0 Å². The molecule has 1 heterocycles. The third-order valence-corrected chi connectivity index (χ3v) is 2.80. The molecule has 18 heavy (non-hydrogen) atoms. The maximum absolute atomic E-state index is 11.8. The maximum atomic E-state index is 11.8. The van der Waals surface area contributed by atoms with Crippen LogP contribution < -0.4 is 11.3 Å². The van der Waals surface area contributed by atoms with E-state index in [0.717, 1.165) is 10.2 Å². The van der Waals surface area contributed by atoms with Crippen molar-refractivity contribution in [2.45, 2.75) is 25.3 Å². The molecule has 0 bridgehead atoms. The molecule has 1 unspecified atom stereocenters. The number of rotatable bonds is 8. The van der Waals surface area contributed by atoms with E-state index in [-0.39, 0.29) is 12.6 Å². The average molecular weight is 324 g/mol. The summed E-state index contributed by atoms with van der Waals surface area (Å²) in [5, 5.41) is 0. The number of nitrogens with one attached hydrogen (secondary N) is 1. The van der Waals surface area contributed by atoms with Gasteiger partial charge < -0.3 is 4.74 Å². The number of hydrogen-bond acceptors (Lipinski definition) is 4. The third kappa shape index (κ3) is 6.34. The molecule has 0 aromatic carbocycles. The Hall–Kier alpha value is -0.630. The predicted molar refractivity (Wildman–Crippen MR) is 68.2 cm³/mol. The van der Waals surface area contributed by atoms with Crippen molar-refractivity contribution in [1.82, 2.24) is 10.4 Å². The van der Waals surface area contributed by atoms with Crippen molar-refractivity contribution in [3.05, 3.63) is 28.5 Å². The highest BCUT2D eigenvalue weighted by atomic mass is 79.9. The molecule has 1 atom stereocenters. The summed E-state index contributed by atoms with van der Waals surface area (Å²) < 4.78 is 29.4. The van der Waals surface area contributed by atoms with E-state index in [4.69, 9.17) is 10.6 Å². The molecular weight excluding hydrogens is 308 g/mol. The van der Waals surface area contributed by atoms with Crippen LogP contribution in [0.25, 0.3) is 0 Å². The monoisotopic (exact) mass is 323 g/mol. The van der Waals surface area contributed by atoms with Crippen LogP contribution in [0.1, 0.15) is 12.1 Å². The Balaban J connectivity index is 2.30. The van der Waals surface area contributed by atoms with Crippen LogP contribution in [0.4, 0.5) is 8.78 Å². The first-order valence-corrected chi connectivity index (χ1v) is 6.33. The number of aromatic nitrogens is 1. The largest absolute Gasteiger partial charge is 0.375 e. The minimum absolute atomic E-state index is 0.0450. The van der Waals surface area contributed by atoms with Crippen LogP contribution in [0, 0.1) is 0 Å². The fourth-order valence-electron chi connectivity index (χ4n) is 1.42. The summed E-state index contributed by atoms with van der Waals surface area (Å²) >= 11 is 3.30. The van der Waals surface area contributed by atoms with Gasteiger partial charge in [0, 0.05) is 35.4 Å². The quantitative estimate of drug-likeness (QED) is 0.436. The lowest BCUT2D eigenvalue weighted by molar-refractivity contribution is 0.0144. The van der Waals surface area contributed by atoms with Gasteiger partial charge in [-0.1, -0.05) is 0 Å². The van der Waals surface area contributed by atoms with Gasteiger partial charge in [-0.15, -0.1) is 0 Å². The summed E-state index contributed by atoms with van der Waals surface area (Å²) in [7, 11) is 0. The molecule has 3 N–H and O–H groups in total. The van der Waals surface area contributed by atoms with Gasteiger partial charge in [0.15, 0.2) is 0 Å². The molecule has 1 aromatic rings. The highest BCUT2D eigenvalue weighted by Gasteiger charge is 2.09. The highest BCUT2D eigenvalue weighted by molar-refractivity contribution is 9.10. The second-order valence-electron chi connectivity index (χ2n) is 3.79. The number of alkyl halides is 2. The molecule has 0 spiro atoms. The van der Waals surface area contributed by atoms with Gasteiger partial charge >= 0.3 is 0 Å². The standard InChI is InChI=1S/C11H16BrF2N3O/c12-8-1-2-9(16-6-8)5-10(17-15)3-4-18-7-11(13)14/h1-2,6,10-11,17H,3-5,7,15H2. The second kappa shape index (κ2) is 8.47. The second-order valence-corrected chi connectivity index (χ2v) is 4.71. The number of hydrogen-bond donors (Lipinski definition) is 2. The molecule has 0 saturated carbocycles. The van der Waals surface area contributed by atoms with Gasteiger partial charge in [-0.05, 0) is 34.5 Å². The number of nitrogens with zero attached hydrogens (tertiary/aromatic N) is 1. The summed E-state index contributed by atoms with van der Waals surface area (Å²) in [5.41, 5.74) is 3.52. The fourth-order valence-corrected chi connectivity index (χ4v) is 1.66. The number of pyridine rings is 1. The Morgan fingerprint density at radius 2 is 2.22 bits per heavy atom. The molecule has 102 valence electrons. The summed E-state index contributed by atoms with van der Waals surface area (Å²) in [6.07, 6.45) is 0.460. The SMILES string of the molecule is NNC(CCOCC(F)F)Cc1ccc(Br)cn1. The van der Waals surface area contributed by atoms with Crippen LogP contribution in [0.2, 0.25) is 0 Å². The van der Waals surface area contributed by atoms with E-state index in [2.05, 4.69) is 26.3 Å². The van der Waals surface area contributed by atoms with Crippen LogP contribution in [0.5, 0.6) is 0 Å². The minimum atomic E-state index is -2.43. The molecule has 1 rings (SSSR count). The lowest BCUT2D eigenvalue weighted by Gasteiger charge is -2.15. The molecule has 0 aliphatic heterocycles. The maximum Gasteiger partial charge on any atom is 0.261 e. The summed E-state index contributed by atoms with van der Waals surface area (Å²) in [4.78, 5) is 4.22. The fraction of sp³-hybridized carbons (Fsp3) is 0.545. The normalized spacial score (nSPS) is 12.9. The smallest absolute Gasteiger partial charge is 0.261 e. The molecule has 4 nitrogen and oxygen atoms in total. The van der Waals surface area contributed by atoms with Gasteiger partial charge in [0.2, 0.25) is 0 Å². The Kier molecular flexibility index (Phi) is 7.26. The minimum Gasteiger partial charge on any atom is -0.375 e. The Morgan fingerprint density at radius 3 is 2.78 bits per heavy atom. The highest BCUT2D eigenvalue weighted by Crippen LogP contribution is 2.09. The Labute approximate surface area is 113 Å². The first-order valence-electron chi connectivity index (χ1n) is 5.54. The van der Waals surface area contributed by atoms with Crippen LogP contribution >= 0.6 is 15.9 Å². The average Bonchev–Trinajstić information content (AvgIpc) is 2.35. The van der Waals surface area contributed by atoms with Crippen molar-refractivity contribution in [2.24, 2.45) is 5.84 Å². The first kappa shape index (κ1) is 15.4. The molecule has 0 amide bonds. The lowest BCUT2D eigenvalue weighted by atomic mass is 10.1. The molecule has 1 aromatic heterocycles. The van der Waals surface area contributed by atoms with Crippen molar-refractivity contribution < 1.29 is 13.5 Å². The number of ether oxygens (including phenoxy) is 1. The molecular formula is C11H16BrF2N3O. The first-order chi connectivity index (χ1) is 8.61. The van der Waals surface area contributed by atoms with Gasteiger partial charge in [-0.25, -0.2) is 8.78 Å². The van der Waals surface area contributed by atoms with E-state index < -0.39 is 13.0 Å². The summed E-state index contributed by atoms with van der Waals surface area (Å²) in [5.74, 6) is 5.40. The molecule has 0 radical (unpaired) electrons. The molecule has 0 aliphatic rings. The predicted octanol–water partition coefficient (Wildman–Crippen LogP) is 1.89. The van der Waals surface area contributed by atoms with Crippen LogP contribution in [0.15, 0.2) is 22.8 Å². The molecule has 7 heteroatoms. The van der Waals surface area contributed by atoms with Crippen molar-refractivity contribution >= 4 is 15.9 Å². The van der Waals surface area contributed by atoms with Gasteiger partial charge in [0.1, 0.15) is 6.61 Å². The Bertz CT molecular complexity index is 338. The molecule has 0 aliphatic carbocycles. The summed E-state index contributed by atoms with van der Waals surface area (Å²) in [6, 6.07) is 3.73. The van der Waals surface area contributed by atoms with Crippen molar-refractivity contribution in [2.75, 3.05) is 13.2 Å². The van der Waals surface area contributed by atoms with Crippen LogP contribution in [-0.4, -0.2) is 30.7 Å². The zero-order valence-corrected chi connectivity index (χ0v) is 11.4. The van der Waals surface area contributed by atoms with Crippen LogP contribution in [0.3, 0.4) is 0 Å². The summed E-state index contributed by atoms with van der Waals surface area (Å²) in [6.45, 7) is -0.288. The van der Waals surface area contributed by atoms with Crippen molar-refractivity contribution in [3.8, 4) is 0 Å². The van der Waals surface area contributed by atoms with Gasteiger partial charge in [0.05, 0.1) is 0 Å². The van der Waals surface area contributed by atoms with E-state index in [1.54, 1.807) is 6.20 Å². The number of hydrazine groups is 1. The van der Waals surface area contributed by atoms with Crippen molar-refractivity contribution in [3.63, 3.8) is 0 Å². The topological polar surface area (TPSA) is 60.2 Å². The van der Waals surface area contributed by atoms with E-state index in [1.165, 1.54) is 0 Å². The zero-order chi connectivity index (χ0) is 13.4. The number of halogens is 3. The lowest BCUT2D eigenvalue weighted by Crippen LogP contribution is -2.38. The van der Waals surface area contributed by atoms with Crippen molar-refractivity contribution in [1.29, 1.82) is 0 Å². The van der Waals surface area contributed by atoms with E-state index in [9.17, 15) is 8.78 Å². The molecule has 0 saturated heterocycles. The third-order valence-electron chi connectivity index (χ3n) is 2.33. The van der Waals surface area contributed by atoms with Gasteiger partial charge in [-0.3, -0.25) is 16.3 Å². The Morgan fingerprint density at radius 1 is 1.44 bits per heavy atom. The number of nitrogens with two attached hydrogens (primary N) is 1. The van der Waals surface area contributed by atoms with Gasteiger partial charge in [0.25, 0.3) is 6.43 Å². The molecule has 0 fully saturated rings. The van der Waals surface area contributed by atoms with E-state index in [1.807, 2.05) is 12.1 Å².